The van der Waals surface area contributed by atoms with Crippen LogP contribution in [0.3, 0.4) is 0 Å². The number of amides is 2. The van der Waals surface area contributed by atoms with Gasteiger partial charge in [0.2, 0.25) is 0 Å². The van der Waals surface area contributed by atoms with Gasteiger partial charge in [-0.25, -0.2) is 4.85 Å². The van der Waals surface area contributed by atoms with Gasteiger partial charge in [0.05, 0.1) is 60.4 Å². The van der Waals surface area contributed by atoms with Gasteiger partial charge < -0.3 is 43.2 Å². The van der Waals surface area contributed by atoms with Crippen LogP contribution in [-0.4, -0.2) is 78.2 Å². The molecule has 2 aromatic heterocycles. The number of nitrogens with zero attached hydrogens (tertiary/aromatic N) is 4. The van der Waals surface area contributed by atoms with E-state index in [1.54, 1.807) is 23.5 Å². The second-order valence-corrected chi connectivity index (χ2v) is 34.6. The van der Waals surface area contributed by atoms with Gasteiger partial charge in [-0.3, -0.25) is 14.4 Å². The fourth-order valence-corrected chi connectivity index (χ4v) is 19.0. The molecule has 1 saturated carbocycles. The first-order valence-electron chi connectivity index (χ1n) is 45.8. The molecule has 9 aromatic rings. The van der Waals surface area contributed by atoms with Gasteiger partial charge in [-0.15, -0.1) is 11.3 Å². The zero-order valence-corrected chi connectivity index (χ0v) is 73.8. The van der Waals surface area contributed by atoms with Gasteiger partial charge in [0.25, 0.3) is 17.5 Å². The van der Waals surface area contributed by atoms with Crippen LogP contribution in [0.1, 0.15) is 273 Å². The molecule has 14 heteroatoms. The van der Waals surface area contributed by atoms with E-state index < -0.39 is 11.7 Å². The Kier molecular flexibility index (Phi) is 31.9. The molecule has 2 amide bonds. The van der Waals surface area contributed by atoms with E-state index >= 15 is 9.59 Å². The molecular weight excluding hydrogens is 1520 g/mol. The third kappa shape index (κ3) is 21.5. The summed E-state index contributed by atoms with van der Waals surface area (Å²) in [6, 6.07) is 62.8. The summed E-state index contributed by atoms with van der Waals surface area (Å²) in [4.78, 5) is 55.0. The number of fused-ring (bicyclic) bond motifs is 4. The number of unbranched alkanes of at least 4 members (excludes halogenated alkanes) is 14. The number of furan rings is 1. The molecule has 4 atom stereocenters. The number of aliphatic carboxylic acids is 1. The summed E-state index contributed by atoms with van der Waals surface area (Å²) in [7, 11) is 0. The number of hydrogen-bond acceptors (Lipinski definition) is 10. The standard InChI is InChI=1S/C107H126N4O9S/c1-10-18-24-28-63-116-85-54-57-88(97(70-85)118-65-30-26-20-12-3)77-39-43-79(44-40-77)91(80-45-41-78(42-46-80)89-58-55-86(117-64-29-25-19-11-2)71-98(89)119-66-31-27-21-13-4)67-76-37-52-84(53-38-76)111-94-36-32-35-90(94)92-68-83(51-59-95(92)111)99-61-62-100(121-99)104-102-101(105(112)110(104)73-75(17-8)34-23-15-6)103(109(106(102)113)72-74(16-7)33-22-14-5)82-49-47-81(48-50-82)96-60-56-87(120-96)69-93(108-9)107(114)115/h37-62,67-71,74-75,90,94H,10-36,63-66,72-73H2,1-8H3,(H,114,115)/b93-69-. The number of ether oxygens (including phenoxy) is 4. The van der Waals surface area contributed by atoms with Gasteiger partial charge in [0, 0.05) is 70.1 Å². The van der Waals surface area contributed by atoms with E-state index in [1.807, 2.05) is 34.1 Å². The van der Waals surface area contributed by atoms with Crippen molar-refractivity contribution in [1.82, 2.24) is 9.80 Å². The number of hydrogen-bond donors (Lipinski definition) is 1. The van der Waals surface area contributed by atoms with Gasteiger partial charge in [-0.05, 0) is 198 Å². The number of carbonyl (C=O) groups excluding carboxylic acids is 2. The van der Waals surface area contributed by atoms with Crippen LogP contribution in [0.5, 0.6) is 23.0 Å². The largest absolute Gasteiger partial charge is 0.493 e. The number of rotatable bonds is 48. The Morgan fingerprint density at radius 3 is 1.50 bits per heavy atom. The van der Waals surface area contributed by atoms with Gasteiger partial charge >= 0.3 is 5.97 Å². The van der Waals surface area contributed by atoms with E-state index in [4.69, 9.17) is 29.9 Å². The summed E-state index contributed by atoms with van der Waals surface area (Å²) < 4.78 is 32.0. The Bertz CT molecular complexity index is 5010. The molecule has 4 aliphatic rings. The van der Waals surface area contributed by atoms with Crippen molar-refractivity contribution < 1.29 is 42.9 Å². The maximum absolute atomic E-state index is 15.8. The minimum atomic E-state index is -1.33. The highest BCUT2D eigenvalue weighted by molar-refractivity contribution is 7.16. The van der Waals surface area contributed by atoms with E-state index in [0.29, 0.717) is 79.8 Å². The van der Waals surface area contributed by atoms with Crippen molar-refractivity contribution in [2.24, 2.45) is 11.8 Å². The quantitative estimate of drug-likeness (QED) is 0.0170. The van der Waals surface area contributed by atoms with Crippen molar-refractivity contribution in [2.75, 3.05) is 44.4 Å². The Labute approximate surface area is 724 Å². The number of carbonyl (C=O) groups is 3. The van der Waals surface area contributed by atoms with Crippen molar-refractivity contribution in [3.63, 3.8) is 0 Å². The molecule has 5 heterocycles. The maximum atomic E-state index is 15.8. The van der Waals surface area contributed by atoms with Crippen molar-refractivity contribution in [1.29, 1.82) is 0 Å². The Morgan fingerprint density at radius 1 is 0.496 bits per heavy atom. The van der Waals surface area contributed by atoms with Crippen LogP contribution in [0.25, 0.3) is 78.0 Å². The highest BCUT2D eigenvalue weighted by Gasteiger charge is 2.50. The zero-order valence-electron chi connectivity index (χ0n) is 73.0. The molecule has 121 heavy (non-hydrogen) atoms. The molecule has 1 fully saturated rings. The summed E-state index contributed by atoms with van der Waals surface area (Å²) in [5.74, 6) is 3.35. The Hall–Kier alpha value is -10.6. The molecule has 1 aliphatic carbocycles. The second kappa shape index (κ2) is 43.7. The summed E-state index contributed by atoms with van der Waals surface area (Å²) in [6.07, 6.45) is 33.0. The molecule has 0 saturated heterocycles. The lowest BCUT2D eigenvalue weighted by Crippen LogP contribution is -2.34. The predicted octanol–water partition coefficient (Wildman–Crippen LogP) is 28.8. The summed E-state index contributed by atoms with van der Waals surface area (Å²) in [5.41, 5.74) is 16.9. The minimum absolute atomic E-state index is 0.136. The molecule has 634 valence electrons. The molecule has 13 rings (SSSR count). The molecule has 4 unspecified atom stereocenters. The van der Waals surface area contributed by atoms with E-state index in [0.717, 1.165) is 216 Å². The number of carboxylic acid groups (broad SMARTS) is 1. The topological polar surface area (TPSA) is 136 Å². The fraction of sp³-hybridized carbons (Fsp3) is 0.421. The van der Waals surface area contributed by atoms with Gasteiger partial charge in [-0.1, -0.05) is 268 Å². The van der Waals surface area contributed by atoms with Crippen molar-refractivity contribution >= 4 is 69.6 Å². The molecule has 0 spiro atoms. The van der Waals surface area contributed by atoms with Crippen molar-refractivity contribution in [3.05, 3.63) is 243 Å². The van der Waals surface area contributed by atoms with Crippen molar-refractivity contribution in [3.8, 4) is 67.0 Å². The van der Waals surface area contributed by atoms with E-state index in [-0.39, 0.29) is 29.4 Å². The molecular formula is C107H126N4O9S. The first kappa shape index (κ1) is 88.2. The van der Waals surface area contributed by atoms with Gasteiger partial charge in [0.1, 0.15) is 34.5 Å². The first-order valence-corrected chi connectivity index (χ1v) is 46.6. The van der Waals surface area contributed by atoms with Crippen LogP contribution in [-0.2, 0) is 14.4 Å². The van der Waals surface area contributed by atoms with Crippen LogP contribution in [0.15, 0.2) is 197 Å². The highest BCUT2D eigenvalue weighted by atomic mass is 32.1. The van der Waals surface area contributed by atoms with Gasteiger partial charge in [-0.2, -0.15) is 0 Å². The van der Waals surface area contributed by atoms with E-state index in [9.17, 15) is 9.90 Å². The lowest BCUT2D eigenvalue weighted by molar-refractivity contribution is -0.132. The molecule has 13 nitrogen and oxygen atoms in total. The Morgan fingerprint density at radius 2 is 0.983 bits per heavy atom. The number of anilines is 2. The molecule has 0 radical (unpaired) electrons. The summed E-state index contributed by atoms with van der Waals surface area (Å²) in [6.45, 7) is 28.8. The average Bonchev–Trinajstić information content (AvgIpc) is 1.55. The zero-order chi connectivity index (χ0) is 84.6. The first-order chi connectivity index (χ1) is 59.3. The third-order valence-electron chi connectivity index (χ3n) is 24.9. The maximum Gasteiger partial charge on any atom is 0.333 e. The number of carboxylic acids is 1. The lowest BCUT2D eigenvalue weighted by Gasteiger charge is -2.29. The minimum Gasteiger partial charge on any atom is -0.493 e. The van der Waals surface area contributed by atoms with Crippen LogP contribution < -0.4 is 23.8 Å². The smallest absolute Gasteiger partial charge is 0.333 e. The molecule has 7 aromatic carbocycles. The number of benzene rings is 7. The Balaban J connectivity index is 0.827. The summed E-state index contributed by atoms with van der Waals surface area (Å²) >= 11 is 1.67. The third-order valence-corrected chi connectivity index (χ3v) is 26.0. The van der Waals surface area contributed by atoms with Crippen LogP contribution in [0.2, 0.25) is 0 Å². The normalized spacial score (nSPS) is 15.5. The van der Waals surface area contributed by atoms with E-state index in [1.165, 1.54) is 74.4 Å². The second-order valence-electron chi connectivity index (χ2n) is 33.5. The molecule has 1 N–H and O–H groups in total. The van der Waals surface area contributed by atoms with Crippen LogP contribution in [0, 0.1) is 18.4 Å². The highest BCUT2D eigenvalue weighted by Crippen LogP contribution is 2.55. The van der Waals surface area contributed by atoms with Gasteiger partial charge in [0.15, 0.2) is 0 Å². The van der Waals surface area contributed by atoms with Crippen molar-refractivity contribution in [2.45, 2.75) is 241 Å². The monoisotopic (exact) mass is 1640 g/mol. The predicted molar refractivity (Wildman–Crippen MR) is 498 cm³/mol. The van der Waals surface area contributed by atoms with Crippen LogP contribution in [0.4, 0.5) is 11.4 Å². The lowest BCUT2D eigenvalue weighted by atomic mass is 9.92. The van der Waals surface area contributed by atoms with Crippen LogP contribution >= 0.6 is 11.3 Å². The molecule has 0 bridgehead atoms. The average molecular weight is 1640 g/mol. The fourth-order valence-electron chi connectivity index (χ4n) is 17.9. The SMILES string of the molecule is [C-]#[N+]/C(=C\c1ccc(-c2ccc(C3=C4C(=O)N(CC(CC)CCCC)C(c5ccc(-c6ccc7c(c6)C6CCCC6N7c6ccc(C=C(c7ccc(-c8ccc(OCCCCCC)cc8OCCCCCC)cc7)c7ccc(-c8ccc(OCCCCCC)cc8OCCCCCC)cc7)cc6)s5)=C4C(=O)N3CC(CC)CCCC)cc2)o1)C(=O)O. The number of thiophene rings is 1. The van der Waals surface area contributed by atoms with E-state index in [2.05, 4.69) is 211 Å². The molecule has 3 aliphatic heterocycles. The summed E-state index contributed by atoms with van der Waals surface area (Å²) in [5, 5.41) is 9.54.